The average Bonchev–Trinajstić information content (AvgIpc) is 1.49. The van der Waals surface area contributed by atoms with Gasteiger partial charge in [0.2, 0.25) is 0 Å². The van der Waals surface area contributed by atoms with Gasteiger partial charge < -0.3 is 33.8 Å². The molecular formula is C78H152O17P2. The molecule has 0 aliphatic rings. The number of unbranched alkanes of at least 4 members (excludes halogenated alkanes) is 47. The molecule has 0 aromatic rings. The SMILES string of the molecule is CCCCCCCCCCCCCCCCCCCCCC(=O)O[C@H](COC(=O)CCCCCCCCCCCCCC(C)C)COP(=O)(O)OC[C@@H](O)COP(=O)(O)OC[C@@H](COC(=O)CCCCCCCCCC(C)C)OC(=O)CCCCCCCCCCCCCCCC. The standard InChI is InChI=1S/C78H152O17P2/c1-7-9-11-13-15-17-19-21-23-24-25-26-27-29-33-38-44-51-57-63-77(82)94-73(66-88-75(80)60-54-48-42-36-34-30-31-35-40-46-52-58-70(3)4)68-92-96(84,85)90-64-72(79)65-91-97(86,87)93-69-74(67-89-76(81)61-55-49-45-39-41-47-53-59-71(5)6)95-78(83)62-56-50-43-37-32-28-22-20-18-16-14-12-10-8-2/h70-74,79H,7-69H2,1-6H3,(H,84,85)(H,86,87)/t72-,73-,74-/m1/s1. The minimum absolute atomic E-state index is 0.107. The number of carbonyl (C=O) groups excluding carboxylic acids is 4. The largest absolute Gasteiger partial charge is 0.472 e. The maximum atomic E-state index is 13.1. The van der Waals surface area contributed by atoms with Crippen molar-refractivity contribution in [3.8, 4) is 0 Å². The molecule has 0 saturated carbocycles. The number of ether oxygens (including phenoxy) is 4. The van der Waals surface area contributed by atoms with Crippen LogP contribution >= 0.6 is 15.6 Å². The van der Waals surface area contributed by atoms with Crippen LogP contribution in [0, 0.1) is 11.8 Å². The third-order valence-corrected chi connectivity index (χ3v) is 20.1. The summed E-state index contributed by atoms with van der Waals surface area (Å²) in [5, 5.41) is 10.6. The number of phosphoric acid groups is 2. The highest BCUT2D eigenvalue weighted by Crippen LogP contribution is 2.45. The summed E-state index contributed by atoms with van der Waals surface area (Å²) in [5.74, 6) is -0.636. The van der Waals surface area contributed by atoms with Crippen molar-refractivity contribution in [2.45, 2.75) is 426 Å². The number of aliphatic hydroxyl groups excluding tert-OH is 1. The zero-order chi connectivity index (χ0) is 71.4. The first-order valence-electron chi connectivity index (χ1n) is 40.5. The number of phosphoric ester groups is 2. The van der Waals surface area contributed by atoms with Gasteiger partial charge in [-0.05, 0) is 37.5 Å². The quantitative estimate of drug-likeness (QED) is 0.0222. The zero-order valence-corrected chi connectivity index (χ0v) is 65.2. The van der Waals surface area contributed by atoms with Gasteiger partial charge in [-0.2, -0.15) is 0 Å². The summed E-state index contributed by atoms with van der Waals surface area (Å²) < 4.78 is 68.6. The van der Waals surface area contributed by atoms with Gasteiger partial charge in [0.25, 0.3) is 0 Å². The molecule has 0 heterocycles. The molecular weight excluding hydrogens is 1270 g/mol. The molecule has 0 aromatic carbocycles. The lowest BCUT2D eigenvalue weighted by Crippen LogP contribution is -2.30. The molecule has 0 amide bonds. The van der Waals surface area contributed by atoms with Gasteiger partial charge in [-0.15, -0.1) is 0 Å². The van der Waals surface area contributed by atoms with Gasteiger partial charge in [0, 0.05) is 25.7 Å². The first-order chi connectivity index (χ1) is 46.9. The number of hydrogen-bond donors (Lipinski definition) is 3. The van der Waals surface area contributed by atoms with Gasteiger partial charge in [-0.1, -0.05) is 356 Å². The Morgan fingerprint density at radius 1 is 0.278 bits per heavy atom. The van der Waals surface area contributed by atoms with Crippen LogP contribution in [-0.4, -0.2) is 96.7 Å². The number of hydrogen-bond acceptors (Lipinski definition) is 15. The van der Waals surface area contributed by atoms with Crippen molar-refractivity contribution in [2.24, 2.45) is 11.8 Å². The molecule has 0 fully saturated rings. The zero-order valence-electron chi connectivity index (χ0n) is 63.4. The third-order valence-electron chi connectivity index (χ3n) is 18.2. The number of esters is 4. The molecule has 0 saturated heterocycles. The van der Waals surface area contributed by atoms with Crippen LogP contribution in [-0.2, 0) is 65.4 Å². The van der Waals surface area contributed by atoms with Crippen molar-refractivity contribution in [3.63, 3.8) is 0 Å². The fraction of sp³-hybridized carbons (Fsp3) is 0.949. The summed E-state index contributed by atoms with van der Waals surface area (Å²) >= 11 is 0. The van der Waals surface area contributed by atoms with Crippen LogP contribution in [0.5, 0.6) is 0 Å². The minimum atomic E-state index is -4.96. The molecule has 0 rings (SSSR count). The summed E-state index contributed by atoms with van der Waals surface area (Å²) in [6, 6.07) is 0. The minimum Gasteiger partial charge on any atom is -0.462 e. The van der Waals surface area contributed by atoms with Crippen molar-refractivity contribution in [3.05, 3.63) is 0 Å². The highest BCUT2D eigenvalue weighted by atomic mass is 31.2. The summed E-state index contributed by atoms with van der Waals surface area (Å²) in [6.07, 6.45) is 58.3. The molecule has 0 aliphatic heterocycles. The Labute approximate surface area is 594 Å². The van der Waals surface area contributed by atoms with Gasteiger partial charge in [-0.3, -0.25) is 37.3 Å². The van der Waals surface area contributed by atoms with Gasteiger partial charge in [0.05, 0.1) is 26.4 Å². The fourth-order valence-electron chi connectivity index (χ4n) is 12.0. The second-order valence-electron chi connectivity index (χ2n) is 29.1. The molecule has 576 valence electrons. The Balaban J connectivity index is 5.23. The Bertz CT molecular complexity index is 1870. The highest BCUT2D eigenvalue weighted by molar-refractivity contribution is 7.47. The van der Waals surface area contributed by atoms with E-state index >= 15 is 0 Å². The van der Waals surface area contributed by atoms with E-state index in [-0.39, 0.29) is 25.7 Å². The van der Waals surface area contributed by atoms with Crippen LogP contribution in [0.2, 0.25) is 0 Å². The molecule has 97 heavy (non-hydrogen) atoms. The van der Waals surface area contributed by atoms with Gasteiger partial charge in [0.15, 0.2) is 12.2 Å². The van der Waals surface area contributed by atoms with Crippen LogP contribution in [0.15, 0.2) is 0 Å². The predicted molar refractivity (Wildman–Crippen MR) is 395 cm³/mol. The normalized spacial score (nSPS) is 14.0. The van der Waals surface area contributed by atoms with Crippen LogP contribution in [0.3, 0.4) is 0 Å². The first kappa shape index (κ1) is 95.1. The highest BCUT2D eigenvalue weighted by Gasteiger charge is 2.30. The monoisotopic (exact) mass is 1420 g/mol. The smallest absolute Gasteiger partial charge is 0.462 e. The summed E-state index contributed by atoms with van der Waals surface area (Å²) in [5.41, 5.74) is 0. The van der Waals surface area contributed by atoms with E-state index in [1.807, 2.05) is 0 Å². The molecule has 2 unspecified atom stereocenters. The average molecular weight is 1420 g/mol. The lowest BCUT2D eigenvalue weighted by atomic mass is 10.0. The van der Waals surface area contributed by atoms with E-state index in [0.717, 1.165) is 102 Å². The number of rotatable bonds is 77. The summed E-state index contributed by atoms with van der Waals surface area (Å²) in [4.78, 5) is 72.9. The van der Waals surface area contributed by atoms with Crippen molar-refractivity contribution >= 4 is 39.5 Å². The molecule has 0 aliphatic carbocycles. The summed E-state index contributed by atoms with van der Waals surface area (Å²) in [7, 11) is -9.91. The molecule has 0 radical (unpaired) electrons. The van der Waals surface area contributed by atoms with E-state index in [1.54, 1.807) is 0 Å². The molecule has 0 aromatic heterocycles. The van der Waals surface area contributed by atoms with E-state index in [2.05, 4.69) is 41.5 Å². The maximum absolute atomic E-state index is 13.1. The van der Waals surface area contributed by atoms with Crippen molar-refractivity contribution < 1.29 is 80.2 Å². The molecule has 0 bridgehead atoms. The van der Waals surface area contributed by atoms with Crippen LogP contribution in [0.4, 0.5) is 0 Å². The van der Waals surface area contributed by atoms with Gasteiger partial charge in [-0.25, -0.2) is 9.13 Å². The van der Waals surface area contributed by atoms with Crippen molar-refractivity contribution in [1.29, 1.82) is 0 Å². The predicted octanol–water partition coefficient (Wildman–Crippen LogP) is 23.1. The second-order valence-corrected chi connectivity index (χ2v) is 32.0. The molecule has 19 heteroatoms. The molecule has 0 spiro atoms. The van der Waals surface area contributed by atoms with Crippen LogP contribution < -0.4 is 0 Å². The lowest BCUT2D eigenvalue weighted by molar-refractivity contribution is -0.161. The van der Waals surface area contributed by atoms with Gasteiger partial charge >= 0.3 is 39.5 Å². The Morgan fingerprint density at radius 2 is 0.474 bits per heavy atom. The van der Waals surface area contributed by atoms with E-state index in [1.165, 1.54) is 218 Å². The van der Waals surface area contributed by atoms with Crippen molar-refractivity contribution in [1.82, 2.24) is 0 Å². The van der Waals surface area contributed by atoms with E-state index in [0.29, 0.717) is 31.6 Å². The summed E-state index contributed by atoms with van der Waals surface area (Å²) in [6.45, 7) is 9.57. The molecule has 3 N–H and O–H groups in total. The second kappa shape index (κ2) is 69.8. The van der Waals surface area contributed by atoms with E-state index in [9.17, 15) is 43.2 Å². The number of aliphatic hydroxyl groups is 1. The van der Waals surface area contributed by atoms with Crippen molar-refractivity contribution in [2.75, 3.05) is 39.6 Å². The van der Waals surface area contributed by atoms with Gasteiger partial charge in [0.1, 0.15) is 19.3 Å². The Kier molecular flexibility index (Phi) is 68.4. The third kappa shape index (κ3) is 72.2. The van der Waals surface area contributed by atoms with E-state index in [4.69, 9.17) is 37.0 Å². The lowest BCUT2D eigenvalue weighted by Gasteiger charge is -2.21. The molecule has 5 atom stereocenters. The van der Waals surface area contributed by atoms with Crippen LogP contribution in [0.1, 0.15) is 408 Å². The maximum Gasteiger partial charge on any atom is 0.472 e. The van der Waals surface area contributed by atoms with E-state index < -0.39 is 97.5 Å². The number of carbonyl (C=O) groups is 4. The molecule has 17 nitrogen and oxygen atoms in total. The topological polar surface area (TPSA) is 237 Å². The van der Waals surface area contributed by atoms with Crippen LogP contribution in [0.25, 0.3) is 0 Å². The Morgan fingerprint density at radius 3 is 0.701 bits per heavy atom. The Hall–Kier alpha value is -1.94. The fourth-order valence-corrected chi connectivity index (χ4v) is 13.6. The first-order valence-corrected chi connectivity index (χ1v) is 43.5.